The van der Waals surface area contributed by atoms with Gasteiger partial charge < -0.3 is 15.0 Å². The Labute approximate surface area is 236 Å². The van der Waals surface area contributed by atoms with Crippen molar-refractivity contribution < 1.29 is 9.53 Å². The second-order valence-electron chi connectivity index (χ2n) is 11.9. The van der Waals surface area contributed by atoms with Crippen LogP contribution in [0.4, 0.5) is 16.4 Å². The zero-order valence-electron chi connectivity index (χ0n) is 24.1. The number of benzene rings is 2. The van der Waals surface area contributed by atoms with E-state index in [9.17, 15) is 4.79 Å². The maximum absolute atomic E-state index is 12.0. The Bertz CT molecular complexity index is 1460. The predicted octanol–water partition coefficient (Wildman–Crippen LogP) is 7.14. The van der Waals surface area contributed by atoms with Crippen LogP contribution in [0.25, 0.3) is 22.2 Å². The highest BCUT2D eigenvalue weighted by atomic mass is 16.6. The fourth-order valence-corrected chi connectivity index (χ4v) is 5.46. The van der Waals surface area contributed by atoms with Gasteiger partial charge in [-0.1, -0.05) is 30.3 Å². The normalized spacial score (nSPS) is 17.6. The van der Waals surface area contributed by atoms with E-state index in [1.54, 1.807) is 0 Å². The molecule has 1 aliphatic carbocycles. The summed E-state index contributed by atoms with van der Waals surface area (Å²) in [6.07, 6.45) is 7.98. The molecular weight excluding hydrogens is 500 g/mol. The van der Waals surface area contributed by atoms with E-state index >= 15 is 0 Å². The van der Waals surface area contributed by atoms with Crippen LogP contribution in [-0.2, 0) is 11.3 Å². The standard InChI is InChI=1S/C32H40N6O2/c1-21-18-34-30(37-29(21)27-19-33-28-12-7-6-11-26(27)28)35-24-9-8-10-25(17-24)38(5)20-22-13-15-23(16-14-22)36-31(39)40-32(2,3)4/h6-7,11-16,18-19,24-25,33H,8-10,17,20H2,1-5H3,(H,36,39)(H,34,35,37)/t24-,25+/m1/s1. The van der Waals surface area contributed by atoms with Crippen LogP contribution in [0.15, 0.2) is 60.9 Å². The quantitative estimate of drug-likeness (QED) is 0.231. The molecule has 0 radical (unpaired) electrons. The maximum Gasteiger partial charge on any atom is 0.412 e. The molecular formula is C32H40N6O2. The molecule has 40 heavy (non-hydrogen) atoms. The van der Waals surface area contributed by atoms with E-state index in [4.69, 9.17) is 9.72 Å². The van der Waals surface area contributed by atoms with Gasteiger partial charge in [-0.3, -0.25) is 10.2 Å². The topological polar surface area (TPSA) is 95.2 Å². The van der Waals surface area contributed by atoms with E-state index in [1.165, 1.54) is 17.4 Å². The van der Waals surface area contributed by atoms with Gasteiger partial charge in [0.2, 0.25) is 5.95 Å². The molecule has 210 valence electrons. The van der Waals surface area contributed by atoms with Crippen molar-refractivity contribution in [3.8, 4) is 11.3 Å². The summed E-state index contributed by atoms with van der Waals surface area (Å²) in [7, 11) is 2.19. The van der Waals surface area contributed by atoms with E-state index in [2.05, 4.69) is 69.8 Å². The number of nitrogens with one attached hydrogen (secondary N) is 3. The van der Waals surface area contributed by atoms with Crippen molar-refractivity contribution in [3.63, 3.8) is 0 Å². The number of rotatable bonds is 7. The Kier molecular flexibility index (Phi) is 8.07. The lowest BCUT2D eigenvalue weighted by atomic mass is 9.90. The van der Waals surface area contributed by atoms with Crippen molar-refractivity contribution in [1.82, 2.24) is 19.9 Å². The van der Waals surface area contributed by atoms with Gasteiger partial charge in [0.15, 0.2) is 0 Å². The van der Waals surface area contributed by atoms with E-state index < -0.39 is 11.7 Å². The minimum absolute atomic E-state index is 0.320. The summed E-state index contributed by atoms with van der Waals surface area (Å²) < 4.78 is 5.34. The molecule has 1 aliphatic rings. The first-order valence-electron chi connectivity index (χ1n) is 14.1. The Morgan fingerprint density at radius 2 is 1.90 bits per heavy atom. The number of carbonyl (C=O) groups is 1. The van der Waals surface area contributed by atoms with Gasteiger partial charge in [-0.25, -0.2) is 14.8 Å². The SMILES string of the molecule is Cc1cnc(N[C@@H]2CCC[C@H](N(C)Cc3ccc(NC(=O)OC(C)(C)C)cc3)C2)nc1-c1c[nH]c2ccccc12. The molecule has 1 amide bonds. The lowest BCUT2D eigenvalue weighted by molar-refractivity contribution is 0.0636. The fourth-order valence-electron chi connectivity index (χ4n) is 5.46. The Morgan fingerprint density at radius 1 is 1.12 bits per heavy atom. The molecule has 3 N–H and O–H groups in total. The first-order chi connectivity index (χ1) is 19.1. The molecule has 0 aliphatic heterocycles. The van der Waals surface area contributed by atoms with E-state index in [1.807, 2.05) is 51.4 Å². The molecule has 1 saturated carbocycles. The van der Waals surface area contributed by atoms with Crippen molar-refractivity contribution in [2.24, 2.45) is 0 Å². The molecule has 0 unspecified atom stereocenters. The number of amides is 1. The summed E-state index contributed by atoms with van der Waals surface area (Å²) in [5.41, 5.74) is 5.65. The van der Waals surface area contributed by atoms with Crippen LogP contribution < -0.4 is 10.6 Å². The molecule has 2 atom stereocenters. The molecule has 2 heterocycles. The molecule has 0 spiro atoms. The molecule has 2 aromatic heterocycles. The summed E-state index contributed by atoms with van der Waals surface area (Å²) in [6.45, 7) is 8.47. The number of anilines is 2. The van der Waals surface area contributed by atoms with Crippen LogP contribution in [0, 0.1) is 6.92 Å². The van der Waals surface area contributed by atoms with Gasteiger partial charge in [-0.15, -0.1) is 0 Å². The average molecular weight is 541 g/mol. The number of aryl methyl sites for hydroxylation is 1. The minimum Gasteiger partial charge on any atom is -0.444 e. The molecule has 5 rings (SSSR count). The minimum atomic E-state index is -0.523. The van der Waals surface area contributed by atoms with Gasteiger partial charge in [0.1, 0.15) is 5.60 Å². The van der Waals surface area contributed by atoms with Crippen LogP contribution in [0.2, 0.25) is 0 Å². The van der Waals surface area contributed by atoms with Crippen LogP contribution >= 0.6 is 0 Å². The summed E-state index contributed by atoms with van der Waals surface area (Å²) in [6, 6.07) is 17.1. The second kappa shape index (κ2) is 11.7. The number of carbonyl (C=O) groups excluding carboxylic acids is 1. The third-order valence-corrected chi connectivity index (χ3v) is 7.45. The van der Waals surface area contributed by atoms with Gasteiger partial charge in [0, 0.05) is 53.2 Å². The maximum atomic E-state index is 12.0. The Hall–Kier alpha value is -3.91. The summed E-state index contributed by atoms with van der Waals surface area (Å²) in [5, 5.41) is 7.61. The van der Waals surface area contributed by atoms with E-state index in [0.29, 0.717) is 18.0 Å². The van der Waals surface area contributed by atoms with Crippen LogP contribution in [0.3, 0.4) is 0 Å². The number of nitrogens with zero attached hydrogens (tertiary/aromatic N) is 3. The number of para-hydroxylation sites is 1. The van der Waals surface area contributed by atoms with E-state index in [0.717, 1.165) is 53.8 Å². The average Bonchev–Trinajstić information content (AvgIpc) is 3.34. The highest BCUT2D eigenvalue weighted by Gasteiger charge is 2.26. The Balaban J connectivity index is 1.19. The molecule has 0 bridgehead atoms. The van der Waals surface area contributed by atoms with Gasteiger partial charge >= 0.3 is 6.09 Å². The highest BCUT2D eigenvalue weighted by Crippen LogP contribution is 2.31. The lowest BCUT2D eigenvalue weighted by Crippen LogP contribution is -2.40. The monoisotopic (exact) mass is 540 g/mol. The molecule has 0 saturated heterocycles. The van der Waals surface area contributed by atoms with Crippen molar-refractivity contribution in [2.45, 2.75) is 77.6 Å². The van der Waals surface area contributed by atoms with Gasteiger partial charge in [-0.2, -0.15) is 0 Å². The number of H-pyrrole nitrogens is 1. The molecule has 8 heteroatoms. The Morgan fingerprint density at radius 3 is 2.67 bits per heavy atom. The third-order valence-electron chi connectivity index (χ3n) is 7.45. The van der Waals surface area contributed by atoms with Crippen molar-refractivity contribution in [1.29, 1.82) is 0 Å². The second-order valence-corrected chi connectivity index (χ2v) is 11.9. The van der Waals surface area contributed by atoms with Gasteiger partial charge in [0.05, 0.1) is 5.69 Å². The van der Waals surface area contributed by atoms with Gasteiger partial charge in [-0.05, 0) is 89.8 Å². The summed E-state index contributed by atoms with van der Waals surface area (Å²) in [4.78, 5) is 27.4. The van der Waals surface area contributed by atoms with Crippen LogP contribution in [-0.4, -0.2) is 50.7 Å². The number of hydrogen-bond donors (Lipinski definition) is 3. The summed E-state index contributed by atoms with van der Waals surface area (Å²) >= 11 is 0. The lowest BCUT2D eigenvalue weighted by Gasteiger charge is -2.35. The smallest absolute Gasteiger partial charge is 0.412 e. The van der Waals surface area contributed by atoms with Crippen molar-refractivity contribution in [2.75, 3.05) is 17.7 Å². The summed E-state index contributed by atoms with van der Waals surface area (Å²) in [5.74, 6) is 0.687. The van der Waals surface area contributed by atoms with E-state index in [-0.39, 0.29) is 0 Å². The molecule has 1 fully saturated rings. The molecule has 2 aromatic carbocycles. The fraction of sp³-hybridized carbons (Fsp3) is 0.406. The van der Waals surface area contributed by atoms with Crippen molar-refractivity contribution in [3.05, 3.63) is 72.1 Å². The number of hydrogen-bond acceptors (Lipinski definition) is 6. The largest absolute Gasteiger partial charge is 0.444 e. The van der Waals surface area contributed by atoms with Crippen molar-refractivity contribution >= 4 is 28.6 Å². The molecule has 8 nitrogen and oxygen atoms in total. The molecule has 4 aromatic rings. The number of aromatic nitrogens is 3. The zero-order valence-corrected chi connectivity index (χ0v) is 24.1. The number of aromatic amines is 1. The zero-order chi connectivity index (χ0) is 28.3. The number of ether oxygens (including phenoxy) is 1. The number of fused-ring (bicyclic) bond motifs is 1. The van der Waals surface area contributed by atoms with Crippen LogP contribution in [0.1, 0.15) is 57.6 Å². The third kappa shape index (κ3) is 6.80. The highest BCUT2D eigenvalue weighted by molar-refractivity contribution is 5.95. The predicted molar refractivity (Wildman–Crippen MR) is 161 cm³/mol. The first-order valence-corrected chi connectivity index (χ1v) is 14.1. The van der Waals surface area contributed by atoms with Gasteiger partial charge in [0.25, 0.3) is 0 Å². The van der Waals surface area contributed by atoms with Crippen LogP contribution in [0.5, 0.6) is 0 Å². The first kappa shape index (κ1) is 27.6.